The van der Waals surface area contributed by atoms with E-state index in [-0.39, 0.29) is 18.4 Å². The van der Waals surface area contributed by atoms with Crippen molar-refractivity contribution in [3.05, 3.63) is 18.2 Å². The Morgan fingerprint density at radius 1 is 1.26 bits per heavy atom. The van der Waals surface area contributed by atoms with Crippen molar-refractivity contribution < 1.29 is 19.1 Å². The van der Waals surface area contributed by atoms with Gasteiger partial charge in [-0.2, -0.15) is 0 Å². The molecular weight excluding hydrogens is 298 g/mol. The molecule has 126 valence electrons. The zero-order valence-corrected chi connectivity index (χ0v) is 13.3. The van der Waals surface area contributed by atoms with Crippen LogP contribution < -0.4 is 25.8 Å². The molecule has 1 aromatic rings. The molecule has 0 aromatic heterocycles. The average molecular weight is 321 g/mol. The molecule has 0 saturated heterocycles. The zero-order chi connectivity index (χ0) is 16.7. The SMILES string of the molecule is COc1ccc(NC(=O)CCCN)cc1OCC(=O)NC1CC1. The third kappa shape index (κ3) is 5.78. The molecule has 0 aliphatic heterocycles. The van der Waals surface area contributed by atoms with E-state index in [2.05, 4.69) is 10.6 Å². The van der Waals surface area contributed by atoms with Crippen molar-refractivity contribution in [2.45, 2.75) is 31.7 Å². The molecule has 0 radical (unpaired) electrons. The number of rotatable bonds is 9. The monoisotopic (exact) mass is 321 g/mol. The number of hydrogen-bond donors (Lipinski definition) is 3. The molecule has 2 amide bonds. The minimum Gasteiger partial charge on any atom is -0.493 e. The van der Waals surface area contributed by atoms with Gasteiger partial charge in [-0.3, -0.25) is 9.59 Å². The number of ether oxygens (including phenoxy) is 2. The number of carbonyl (C=O) groups is 2. The second-order valence-corrected chi connectivity index (χ2v) is 5.44. The summed E-state index contributed by atoms with van der Waals surface area (Å²) >= 11 is 0. The first-order valence-corrected chi connectivity index (χ1v) is 7.72. The van der Waals surface area contributed by atoms with Gasteiger partial charge in [0.2, 0.25) is 5.91 Å². The van der Waals surface area contributed by atoms with Gasteiger partial charge in [-0.05, 0) is 37.9 Å². The van der Waals surface area contributed by atoms with Gasteiger partial charge in [0.1, 0.15) is 0 Å². The van der Waals surface area contributed by atoms with E-state index >= 15 is 0 Å². The van der Waals surface area contributed by atoms with E-state index in [4.69, 9.17) is 15.2 Å². The summed E-state index contributed by atoms with van der Waals surface area (Å²) in [5.74, 6) is 0.643. The normalized spacial score (nSPS) is 13.3. The topological polar surface area (TPSA) is 103 Å². The molecule has 1 aromatic carbocycles. The van der Waals surface area contributed by atoms with Gasteiger partial charge < -0.3 is 25.8 Å². The van der Waals surface area contributed by atoms with Gasteiger partial charge in [0.15, 0.2) is 18.1 Å². The van der Waals surface area contributed by atoms with Crippen molar-refractivity contribution >= 4 is 17.5 Å². The van der Waals surface area contributed by atoms with Gasteiger partial charge in [-0.25, -0.2) is 0 Å². The number of benzene rings is 1. The molecule has 23 heavy (non-hydrogen) atoms. The summed E-state index contributed by atoms with van der Waals surface area (Å²) in [6, 6.07) is 5.34. The third-order valence-corrected chi connectivity index (χ3v) is 3.36. The second kappa shape index (κ2) is 8.38. The molecule has 1 aliphatic carbocycles. The fourth-order valence-corrected chi connectivity index (χ4v) is 1.99. The molecule has 4 N–H and O–H groups in total. The molecule has 7 heteroatoms. The molecule has 7 nitrogen and oxygen atoms in total. The highest BCUT2D eigenvalue weighted by atomic mass is 16.5. The predicted octanol–water partition coefficient (Wildman–Crippen LogP) is 1.03. The average Bonchev–Trinajstić information content (AvgIpc) is 3.35. The van der Waals surface area contributed by atoms with Gasteiger partial charge in [0.25, 0.3) is 5.91 Å². The van der Waals surface area contributed by atoms with Crippen LogP contribution >= 0.6 is 0 Å². The van der Waals surface area contributed by atoms with E-state index in [1.807, 2.05) is 0 Å². The van der Waals surface area contributed by atoms with Crippen LogP contribution in [0.2, 0.25) is 0 Å². The highest BCUT2D eigenvalue weighted by Gasteiger charge is 2.23. The van der Waals surface area contributed by atoms with Gasteiger partial charge in [-0.1, -0.05) is 0 Å². The van der Waals surface area contributed by atoms with E-state index in [0.29, 0.717) is 42.6 Å². The Balaban J connectivity index is 1.94. The number of amides is 2. The van der Waals surface area contributed by atoms with Crippen LogP contribution in [0.5, 0.6) is 11.5 Å². The van der Waals surface area contributed by atoms with Crippen LogP contribution in [-0.2, 0) is 9.59 Å². The first kappa shape index (κ1) is 17.1. The predicted molar refractivity (Wildman–Crippen MR) is 86.6 cm³/mol. The quantitative estimate of drug-likeness (QED) is 0.630. The summed E-state index contributed by atoms with van der Waals surface area (Å²) in [5.41, 5.74) is 5.97. The van der Waals surface area contributed by atoms with Gasteiger partial charge in [-0.15, -0.1) is 0 Å². The summed E-state index contributed by atoms with van der Waals surface area (Å²) in [4.78, 5) is 23.4. The second-order valence-electron chi connectivity index (χ2n) is 5.44. The Bertz CT molecular complexity index is 558. The van der Waals surface area contributed by atoms with Crippen molar-refractivity contribution in [2.24, 2.45) is 5.73 Å². The number of hydrogen-bond acceptors (Lipinski definition) is 5. The summed E-state index contributed by atoms with van der Waals surface area (Å²) in [6.07, 6.45) is 3.05. The number of nitrogens with one attached hydrogen (secondary N) is 2. The van der Waals surface area contributed by atoms with Gasteiger partial charge in [0, 0.05) is 24.2 Å². The highest BCUT2D eigenvalue weighted by Crippen LogP contribution is 2.30. The van der Waals surface area contributed by atoms with Gasteiger partial charge in [0.05, 0.1) is 7.11 Å². The van der Waals surface area contributed by atoms with Crippen LogP contribution in [0.25, 0.3) is 0 Å². The van der Waals surface area contributed by atoms with Crippen LogP contribution in [0.15, 0.2) is 18.2 Å². The summed E-state index contributed by atoms with van der Waals surface area (Å²) in [7, 11) is 1.52. The smallest absolute Gasteiger partial charge is 0.258 e. The molecule has 2 rings (SSSR count). The zero-order valence-electron chi connectivity index (χ0n) is 13.3. The Labute approximate surface area is 135 Å². The van der Waals surface area contributed by atoms with Gasteiger partial charge >= 0.3 is 0 Å². The van der Waals surface area contributed by atoms with E-state index in [9.17, 15) is 9.59 Å². The lowest BCUT2D eigenvalue weighted by Gasteiger charge is -2.13. The first-order valence-electron chi connectivity index (χ1n) is 7.72. The van der Waals surface area contributed by atoms with Crippen LogP contribution in [0, 0.1) is 0 Å². The van der Waals surface area contributed by atoms with Crippen molar-refractivity contribution in [3.8, 4) is 11.5 Å². The largest absolute Gasteiger partial charge is 0.493 e. The Morgan fingerprint density at radius 2 is 2.04 bits per heavy atom. The number of anilines is 1. The molecule has 0 heterocycles. The molecule has 0 atom stereocenters. The summed E-state index contributed by atoms with van der Waals surface area (Å²) in [5, 5.41) is 5.61. The van der Waals surface area contributed by atoms with E-state index in [1.165, 1.54) is 7.11 Å². The number of nitrogens with two attached hydrogens (primary N) is 1. The Kier molecular flexibility index (Phi) is 6.22. The molecule has 1 aliphatic rings. The standard InChI is InChI=1S/C16H23N3O4/c1-22-13-7-6-12(19-15(20)3-2-8-17)9-14(13)23-10-16(21)18-11-4-5-11/h6-7,9,11H,2-5,8,10,17H2,1H3,(H,18,21)(H,19,20). The highest BCUT2D eigenvalue weighted by molar-refractivity contribution is 5.91. The summed E-state index contributed by atoms with van der Waals surface area (Å²) < 4.78 is 10.7. The Morgan fingerprint density at radius 3 is 2.70 bits per heavy atom. The third-order valence-electron chi connectivity index (χ3n) is 3.36. The minimum atomic E-state index is -0.160. The van der Waals surface area contributed by atoms with Crippen molar-refractivity contribution in [1.29, 1.82) is 0 Å². The van der Waals surface area contributed by atoms with E-state index < -0.39 is 0 Å². The van der Waals surface area contributed by atoms with Crippen molar-refractivity contribution in [2.75, 3.05) is 25.6 Å². The molecule has 0 unspecified atom stereocenters. The maximum absolute atomic E-state index is 11.7. The van der Waals surface area contributed by atoms with Crippen molar-refractivity contribution in [3.63, 3.8) is 0 Å². The Hall–Kier alpha value is -2.28. The van der Waals surface area contributed by atoms with Crippen LogP contribution in [0.3, 0.4) is 0 Å². The van der Waals surface area contributed by atoms with E-state index in [0.717, 1.165) is 12.8 Å². The molecular formula is C16H23N3O4. The number of carbonyl (C=O) groups excluding carboxylic acids is 2. The lowest BCUT2D eigenvalue weighted by Crippen LogP contribution is -2.30. The van der Waals surface area contributed by atoms with Crippen molar-refractivity contribution in [1.82, 2.24) is 5.32 Å². The maximum Gasteiger partial charge on any atom is 0.258 e. The molecule has 1 saturated carbocycles. The van der Waals surface area contributed by atoms with Crippen LogP contribution in [0.4, 0.5) is 5.69 Å². The molecule has 0 spiro atoms. The van der Waals surface area contributed by atoms with Crippen LogP contribution in [-0.4, -0.2) is 38.1 Å². The lowest BCUT2D eigenvalue weighted by atomic mass is 10.2. The maximum atomic E-state index is 11.7. The first-order chi connectivity index (χ1) is 11.1. The van der Waals surface area contributed by atoms with E-state index in [1.54, 1.807) is 18.2 Å². The molecule has 0 bridgehead atoms. The minimum absolute atomic E-state index is 0.0859. The fourth-order valence-electron chi connectivity index (χ4n) is 1.99. The lowest BCUT2D eigenvalue weighted by molar-refractivity contribution is -0.123. The van der Waals surface area contributed by atoms with Crippen LogP contribution in [0.1, 0.15) is 25.7 Å². The number of methoxy groups -OCH3 is 1. The summed E-state index contributed by atoms with van der Waals surface area (Å²) in [6.45, 7) is 0.387. The fraction of sp³-hybridized carbons (Fsp3) is 0.500. The molecule has 1 fully saturated rings.